The molecular formula is C11H13NO4. The third-order valence-corrected chi connectivity index (χ3v) is 1.80. The smallest absolute Gasteiger partial charge is 0.248 e. The molecule has 0 aliphatic rings. The average molecular weight is 223 g/mol. The van der Waals surface area contributed by atoms with Crippen LogP contribution in [0.5, 0.6) is 5.75 Å². The zero-order valence-corrected chi connectivity index (χ0v) is 8.72. The van der Waals surface area contributed by atoms with Crippen LogP contribution < -0.4 is 10.5 Å². The summed E-state index contributed by atoms with van der Waals surface area (Å²) in [4.78, 5) is 20.8. The average Bonchev–Trinajstić information content (AvgIpc) is 2.29. The van der Waals surface area contributed by atoms with Gasteiger partial charge < -0.3 is 20.0 Å². The molecule has 5 nitrogen and oxygen atoms in total. The number of ether oxygens (including phenoxy) is 2. The van der Waals surface area contributed by atoms with Crippen molar-refractivity contribution in [1.82, 2.24) is 0 Å². The number of hydrogen-bond donors (Lipinski definition) is 1. The zero-order valence-electron chi connectivity index (χ0n) is 8.72. The van der Waals surface area contributed by atoms with Crippen molar-refractivity contribution in [3.63, 3.8) is 0 Å². The minimum Gasteiger partial charge on any atom is -0.491 e. The van der Waals surface area contributed by atoms with Gasteiger partial charge in [-0.3, -0.25) is 4.79 Å². The number of primary amides is 1. The van der Waals surface area contributed by atoms with Crippen LogP contribution in [0.3, 0.4) is 0 Å². The quantitative estimate of drug-likeness (QED) is 0.535. The fourth-order valence-electron chi connectivity index (χ4n) is 1.09. The molecule has 1 amide bonds. The van der Waals surface area contributed by atoms with Gasteiger partial charge in [0.05, 0.1) is 6.61 Å². The number of hydrogen-bond acceptors (Lipinski definition) is 4. The number of carbonyl (C=O) groups excluding carboxylic acids is 2. The van der Waals surface area contributed by atoms with Gasteiger partial charge in [-0.05, 0) is 18.2 Å². The molecule has 86 valence electrons. The van der Waals surface area contributed by atoms with E-state index in [4.69, 9.17) is 15.2 Å². The lowest BCUT2D eigenvalue weighted by Gasteiger charge is -2.06. The summed E-state index contributed by atoms with van der Waals surface area (Å²) in [7, 11) is 0. The van der Waals surface area contributed by atoms with Crippen LogP contribution in [0.1, 0.15) is 10.4 Å². The summed E-state index contributed by atoms with van der Waals surface area (Å²) < 4.78 is 10.2. The molecule has 0 fully saturated rings. The monoisotopic (exact) mass is 223 g/mol. The van der Waals surface area contributed by atoms with Crippen molar-refractivity contribution in [3.05, 3.63) is 29.8 Å². The summed E-state index contributed by atoms with van der Waals surface area (Å²) >= 11 is 0. The lowest BCUT2D eigenvalue weighted by Crippen LogP contribution is -2.11. The maximum Gasteiger partial charge on any atom is 0.248 e. The third-order valence-electron chi connectivity index (χ3n) is 1.80. The molecule has 0 bridgehead atoms. The van der Waals surface area contributed by atoms with Gasteiger partial charge >= 0.3 is 0 Å². The van der Waals surface area contributed by atoms with Gasteiger partial charge in [0.2, 0.25) is 5.91 Å². The molecule has 0 aromatic heterocycles. The predicted octanol–water partition coefficient (Wildman–Crippen LogP) is 0.380. The van der Waals surface area contributed by atoms with E-state index in [0.717, 1.165) is 0 Å². The second-order valence-corrected chi connectivity index (χ2v) is 2.98. The molecule has 0 unspecified atom stereocenters. The minimum absolute atomic E-state index is 0.0602. The Bertz CT molecular complexity index is 365. The first-order valence-electron chi connectivity index (χ1n) is 4.78. The Kier molecular flexibility index (Phi) is 5.01. The summed E-state index contributed by atoms with van der Waals surface area (Å²) in [5.74, 6) is 0.0497. The first kappa shape index (κ1) is 12.2. The van der Waals surface area contributed by atoms with Gasteiger partial charge in [0.25, 0.3) is 0 Å². The number of amides is 1. The van der Waals surface area contributed by atoms with Crippen LogP contribution in [-0.2, 0) is 9.53 Å². The summed E-state index contributed by atoms with van der Waals surface area (Å²) in [6.45, 7) is 0.695. The van der Waals surface area contributed by atoms with Gasteiger partial charge in [0.1, 0.15) is 25.2 Å². The van der Waals surface area contributed by atoms with Gasteiger partial charge in [-0.25, -0.2) is 0 Å². The molecule has 0 atom stereocenters. The fraction of sp³-hybridized carbons (Fsp3) is 0.273. The molecule has 1 aromatic rings. The number of aldehydes is 1. The van der Waals surface area contributed by atoms with Crippen LogP contribution in [0.15, 0.2) is 24.3 Å². The topological polar surface area (TPSA) is 78.6 Å². The van der Waals surface area contributed by atoms with Gasteiger partial charge in [-0.1, -0.05) is 6.07 Å². The molecule has 16 heavy (non-hydrogen) atoms. The Labute approximate surface area is 93.1 Å². The zero-order chi connectivity index (χ0) is 11.8. The Hall–Kier alpha value is -1.88. The second-order valence-electron chi connectivity index (χ2n) is 2.98. The van der Waals surface area contributed by atoms with Gasteiger partial charge in [0, 0.05) is 5.56 Å². The van der Waals surface area contributed by atoms with Crippen molar-refractivity contribution in [2.45, 2.75) is 0 Å². The maximum absolute atomic E-state index is 10.9. The lowest BCUT2D eigenvalue weighted by atomic mass is 10.2. The number of rotatable bonds is 7. The van der Waals surface area contributed by atoms with Crippen LogP contribution in [0.25, 0.3) is 0 Å². The van der Waals surface area contributed by atoms with Crippen molar-refractivity contribution in [3.8, 4) is 5.75 Å². The molecule has 0 aliphatic heterocycles. The predicted molar refractivity (Wildman–Crippen MR) is 57.3 cm³/mol. The summed E-state index contributed by atoms with van der Waals surface area (Å²) in [5.41, 5.74) is 5.51. The van der Waals surface area contributed by atoms with Crippen LogP contribution in [0.2, 0.25) is 0 Å². The number of carbonyl (C=O) groups is 2. The standard InChI is InChI=1S/C11H13NO4/c12-11(14)9-2-1-3-10(8-9)16-7-6-15-5-4-13/h1-4,8H,5-7H2,(H2,12,14). The van der Waals surface area contributed by atoms with Crippen molar-refractivity contribution in [2.24, 2.45) is 5.73 Å². The van der Waals surface area contributed by atoms with E-state index in [2.05, 4.69) is 0 Å². The molecule has 0 aliphatic carbocycles. The van der Waals surface area contributed by atoms with Gasteiger partial charge in [-0.15, -0.1) is 0 Å². The van der Waals surface area contributed by atoms with E-state index in [-0.39, 0.29) is 6.61 Å². The number of benzene rings is 1. The maximum atomic E-state index is 10.9. The first-order valence-corrected chi connectivity index (χ1v) is 4.78. The van der Waals surface area contributed by atoms with Crippen molar-refractivity contribution in [2.75, 3.05) is 19.8 Å². The SMILES string of the molecule is NC(=O)c1cccc(OCCOCC=O)c1. The molecule has 2 N–H and O–H groups in total. The number of nitrogens with two attached hydrogens (primary N) is 1. The van der Waals surface area contributed by atoms with Gasteiger partial charge in [-0.2, -0.15) is 0 Å². The summed E-state index contributed by atoms with van der Waals surface area (Å²) in [6, 6.07) is 6.56. The normalized spacial score (nSPS) is 9.75. The fourth-order valence-corrected chi connectivity index (χ4v) is 1.09. The van der Waals surface area contributed by atoms with Gasteiger partial charge in [0.15, 0.2) is 0 Å². The molecule has 0 radical (unpaired) electrons. The van der Waals surface area contributed by atoms with Crippen LogP contribution >= 0.6 is 0 Å². The second kappa shape index (κ2) is 6.58. The highest BCUT2D eigenvalue weighted by Gasteiger charge is 2.01. The van der Waals surface area contributed by atoms with E-state index in [1.54, 1.807) is 24.3 Å². The van der Waals surface area contributed by atoms with Crippen LogP contribution in [-0.4, -0.2) is 32.0 Å². The molecule has 0 heterocycles. The summed E-state index contributed by atoms with van der Waals surface area (Å²) in [5, 5.41) is 0. The van der Waals surface area contributed by atoms with E-state index >= 15 is 0 Å². The van der Waals surface area contributed by atoms with Crippen LogP contribution in [0, 0.1) is 0 Å². The molecule has 0 spiro atoms. The van der Waals surface area contributed by atoms with E-state index in [1.165, 1.54) is 0 Å². The van der Waals surface area contributed by atoms with E-state index in [0.29, 0.717) is 30.8 Å². The van der Waals surface area contributed by atoms with E-state index in [9.17, 15) is 9.59 Å². The lowest BCUT2D eigenvalue weighted by molar-refractivity contribution is -0.112. The molecule has 1 rings (SSSR count). The molecule has 5 heteroatoms. The highest BCUT2D eigenvalue weighted by atomic mass is 16.5. The summed E-state index contributed by atoms with van der Waals surface area (Å²) in [6.07, 6.45) is 0.674. The largest absolute Gasteiger partial charge is 0.491 e. The van der Waals surface area contributed by atoms with Crippen molar-refractivity contribution < 1.29 is 19.1 Å². The van der Waals surface area contributed by atoms with Crippen LogP contribution in [0.4, 0.5) is 0 Å². The Morgan fingerprint density at radius 2 is 2.19 bits per heavy atom. The molecule has 1 aromatic carbocycles. The van der Waals surface area contributed by atoms with Crippen molar-refractivity contribution in [1.29, 1.82) is 0 Å². The first-order chi connectivity index (χ1) is 7.74. The Balaban J connectivity index is 2.39. The molecule has 0 saturated carbocycles. The van der Waals surface area contributed by atoms with E-state index < -0.39 is 5.91 Å². The minimum atomic E-state index is -0.498. The van der Waals surface area contributed by atoms with Crippen molar-refractivity contribution >= 4 is 12.2 Å². The molecule has 0 saturated heterocycles. The molecular weight excluding hydrogens is 210 g/mol. The highest BCUT2D eigenvalue weighted by molar-refractivity contribution is 5.93. The van der Waals surface area contributed by atoms with E-state index in [1.807, 2.05) is 0 Å². The Morgan fingerprint density at radius 3 is 2.88 bits per heavy atom. The highest BCUT2D eigenvalue weighted by Crippen LogP contribution is 2.12. The third kappa shape index (κ3) is 4.10. The Morgan fingerprint density at radius 1 is 1.38 bits per heavy atom.